The zero-order chi connectivity index (χ0) is 17.3. The van der Waals surface area contributed by atoms with Crippen molar-refractivity contribution < 1.29 is 14.3 Å². The molecule has 0 spiro atoms. The van der Waals surface area contributed by atoms with Gasteiger partial charge in [0.2, 0.25) is 0 Å². The number of nitrogens with zero attached hydrogens (tertiary/aromatic N) is 3. The topological polar surface area (TPSA) is 66.1 Å². The molecule has 122 valence electrons. The van der Waals surface area contributed by atoms with Gasteiger partial charge >= 0.3 is 5.97 Å². The van der Waals surface area contributed by atoms with E-state index in [0.717, 1.165) is 0 Å². The number of ether oxygens (including phenoxy) is 1. The smallest absolute Gasteiger partial charge is 0.344 e. The summed E-state index contributed by atoms with van der Waals surface area (Å²) in [5.74, 6) is -0.514. The Kier molecular flexibility index (Phi) is 4.22. The maximum absolute atomic E-state index is 12.3. The molecular formula is C17H14ClN3O3. The lowest BCUT2D eigenvalue weighted by molar-refractivity contribution is 0.0597. The van der Waals surface area contributed by atoms with Gasteiger partial charge in [-0.1, -0.05) is 11.6 Å². The fourth-order valence-corrected chi connectivity index (χ4v) is 2.55. The van der Waals surface area contributed by atoms with Crippen LogP contribution in [-0.4, -0.2) is 33.2 Å². The van der Waals surface area contributed by atoms with Gasteiger partial charge in [-0.25, -0.2) is 9.48 Å². The van der Waals surface area contributed by atoms with E-state index in [1.807, 2.05) is 12.1 Å². The largest absolute Gasteiger partial charge is 0.465 e. The summed E-state index contributed by atoms with van der Waals surface area (Å²) in [4.78, 5) is 24.3. The fraction of sp³-hybridized carbons (Fsp3) is 0.118. The van der Waals surface area contributed by atoms with Crippen LogP contribution in [0.2, 0.25) is 5.02 Å². The molecule has 0 aliphatic carbocycles. The zero-order valence-corrected chi connectivity index (χ0v) is 13.8. The summed E-state index contributed by atoms with van der Waals surface area (Å²) in [5, 5.41) is 4.91. The van der Waals surface area contributed by atoms with Gasteiger partial charge in [0, 0.05) is 24.3 Å². The Bertz CT molecular complexity index is 896. The molecule has 0 unspecified atom stereocenters. The number of hydrogen-bond acceptors (Lipinski definition) is 4. The van der Waals surface area contributed by atoms with Gasteiger partial charge in [-0.2, -0.15) is 5.10 Å². The normalized spacial score (nSPS) is 10.6. The molecule has 0 atom stereocenters. The molecule has 0 aliphatic rings. The van der Waals surface area contributed by atoms with E-state index >= 15 is 0 Å². The summed E-state index contributed by atoms with van der Waals surface area (Å²) in [6, 6.07) is 10.6. The standard InChI is InChI=1S/C17H14ClN3O3/c1-11(22)15-14(17(23)24-2)16(20-9-3-4-10-20)21(19-15)13-7-5-12(18)6-8-13/h3-10H,1-2H3. The second kappa shape index (κ2) is 6.33. The van der Waals surface area contributed by atoms with Crippen LogP contribution in [0.3, 0.4) is 0 Å². The van der Waals surface area contributed by atoms with E-state index in [9.17, 15) is 9.59 Å². The first-order valence-electron chi connectivity index (χ1n) is 7.14. The number of Topliss-reactive ketones (excluding diaryl/α,β-unsaturated/α-hetero) is 1. The number of aromatic nitrogens is 3. The minimum Gasteiger partial charge on any atom is -0.465 e. The predicted octanol–water partition coefficient (Wildman–Crippen LogP) is 3.31. The van der Waals surface area contributed by atoms with Crippen LogP contribution in [0.15, 0.2) is 48.8 Å². The first-order valence-corrected chi connectivity index (χ1v) is 7.52. The Morgan fingerprint density at radius 1 is 1.12 bits per heavy atom. The van der Waals surface area contributed by atoms with Crippen molar-refractivity contribution in [1.29, 1.82) is 0 Å². The maximum atomic E-state index is 12.3. The van der Waals surface area contributed by atoms with Crippen LogP contribution >= 0.6 is 11.6 Å². The average Bonchev–Trinajstić information content (AvgIpc) is 3.21. The fourth-order valence-electron chi connectivity index (χ4n) is 2.42. The molecule has 0 N–H and O–H groups in total. The van der Waals surface area contributed by atoms with Crippen LogP contribution in [0.1, 0.15) is 27.8 Å². The molecule has 7 heteroatoms. The molecule has 3 aromatic rings. The molecule has 6 nitrogen and oxygen atoms in total. The van der Waals surface area contributed by atoms with Crippen molar-refractivity contribution in [3.8, 4) is 11.5 Å². The van der Waals surface area contributed by atoms with Gasteiger partial charge in [-0.05, 0) is 36.4 Å². The Morgan fingerprint density at radius 2 is 1.75 bits per heavy atom. The van der Waals surface area contributed by atoms with Crippen molar-refractivity contribution in [3.05, 3.63) is 65.1 Å². The summed E-state index contributed by atoms with van der Waals surface area (Å²) in [6.45, 7) is 1.36. The number of hydrogen-bond donors (Lipinski definition) is 0. The van der Waals surface area contributed by atoms with E-state index in [1.165, 1.54) is 18.7 Å². The summed E-state index contributed by atoms with van der Waals surface area (Å²) >= 11 is 5.94. The second-order valence-electron chi connectivity index (χ2n) is 5.07. The Labute approximate surface area is 143 Å². The van der Waals surface area contributed by atoms with E-state index in [2.05, 4.69) is 5.10 Å². The van der Waals surface area contributed by atoms with Gasteiger partial charge in [-0.15, -0.1) is 0 Å². The van der Waals surface area contributed by atoms with Gasteiger partial charge in [0.15, 0.2) is 11.6 Å². The first kappa shape index (κ1) is 16.0. The van der Waals surface area contributed by atoms with Crippen molar-refractivity contribution >= 4 is 23.4 Å². The van der Waals surface area contributed by atoms with Gasteiger partial charge in [0.25, 0.3) is 0 Å². The lowest BCUT2D eigenvalue weighted by atomic mass is 10.2. The Hall–Kier alpha value is -2.86. The highest BCUT2D eigenvalue weighted by Gasteiger charge is 2.28. The number of halogens is 1. The summed E-state index contributed by atoms with van der Waals surface area (Å²) < 4.78 is 8.09. The molecule has 0 saturated heterocycles. The van der Waals surface area contributed by atoms with Crippen LogP contribution in [0.5, 0.6) is 0 Å². The molecule has 24 heavy (non-hydrogen) atoms. The maximum Gasteiger partial charge on any atom is 0.344 e. The van der Waals surface area contributed by atoms with E-state index in [0.29, 0.717) is 16.5 Å². The summed E-state index contributed by atoms with van der Waals surface area (Å²) in [6.07, 6.45) is 3.53. The second-order valence-corrected chi connectivity index (χ2v) is 5.51. The van der Waals surface area contributed by atoms with E-state index in [4.69, 9.17) is 16.3 Å². The molecule has 0 bridgehead atoms. The van der Waals surface area contributed by atoms with E-state index < -0.39 is 5.97 Å². The zero-order valence-electron chi connectivity index (χ0n) is 13.1. The lowest BCUT2D eigenvalue weighted by Gasteiger charge is -2.10. The SMILES string of the molecule is COC(=O)c1c(C(C)=O)nn(-c2ccc(Cl)cc2)c1-n1cccc1. The highest BCUT2D eigenvalue weighted by molar-refractivity contribution is 6.30. The molecule has 0 aliphatic heterocycles. The molecule has 0 saturated carbocycles. The molecule has 2 heterocycles. The highest BCUT2D eigenvalue weighted by Crippen LogP contribution is 2.25. The van der Waals surface area contributed by atoms with Crippen LogP contribution in [0.25, 0.3) is 11.5 Å². The Morgan fingerprint density at radius 3 is 2.29 bits per heavy atom. The highest BCUT2D eigenvalue weighted by atomic mass is 35.5. The van der Waals surface area contributed by atoms with Crippen molar-refractivity contribution in [2.45, 2.75) is 6.92 Å². The number of rotatable bonds is 4. The Balaban J connectivity index is 2.34. The van der Waals surface area contributed by atoms with E-state index in [-0.39, 0.29) is 17.0 Å². The quantitative estimate of drug-likeness (QED) is 0.538. The average molecular weight is 344 g/mol. The van der Waals surface area contributed by atoms with Crippen molar-refractivity contribution in [1.82, 2.24) is 14.3 Å². The molecule has 3 rings (SSSR count). The number of benzene rings is 1. The van der Waals surface area contributed by atoms with Gasteiger partial charge < -0.3 is 9.30 Å². The van der Waals surface area contributed by atoms with Gasteiger partial charge in [-0.3, -0.25) is 4.79 Å². The van der Waals surface area contributed by atoms with Crippen molar-refractivity contribution in [2.75, 3.05) is 7.11 Å². The minimum atomic E-state index is -0.621. The molecule has 2 aromatic heterocycles. The van der Waals surface area contributed by atoms with Crippen LogP contribution in [0.4, 0.5) is 0 Å². The third kappa shape index (κ3) is 2.72. The van der Waals surface area contributed by atoms with Gasteiger partial charge in [0.1, 0.15) is 11.3 Å². The monoisotopic (exact) mass is 343 g/mol. The van der Waals surface area contributed by atoms with Crippen LogP contribution in [0, 0.1) is 0 Å². The van der Waals surface area contributed by atoms with Crippen molar-refractivity contribution in [3.63, 3.8) is 0 Å². The van der Waals surface area contributed by atoms with Gasteiger partial charge in [0.05, 0.1) is 12.8 Å². The third-order valence-corrected chi connectivity index (χ3v) is 3.76. The van der Waals surface area contributed by atoms with Crippen LogP contribution in [-0.2, 0) is 4.74 Å². The molecule has 0 radical (unpaired) electrons. The minimum absolute atomic E-state index is 0.0560. The number of carbonyl (C=O) groups excluding carboxylic acids is 2. The molecule has 0 fully saturated rings. The molecule has 1 aromatic carbocycles. The summed E-state index contributed by atoms with van der Waals surface area (Å²) in [5.41, 5.74) is 0.845. The lowest BCUT2D eigenvalue weighted by Crippen LogP contribution is -2.11. The van der Waals surface area contributed by atoms with Crippen molar-refractivity contribution in [2.24, 2.45) is 0 Å². The first-order chi connectivity index (χ1) is 11.5. The summed E-state index contributed by atoms with van der Waals surface area (Å²) in [7, 11) is 1.27. The number of esters is 1. The molecule has 0 amide bonds. The number of ketones is 1. The number of carbonyl (C=O) groups is 2. The predicted molar refractivity (Wildman–Crippen MR) is 89.2 cm³/mol. The number of methoxy groups -OCH3 is 1. The van der Waals surface area contributed by atoms with E-state index in [1.54, 1.807) is 41.2 Å². The third-order valence-electron chi connectivity index (χ3n) is 3.50. The molecular weight excluding hydrogens is 330 g/mol. The van der Waals surface area contributed by atoms with Crippen LogP contribution < -0.4 is 0 Å².